The second kappa shape index (κ2) is 6.35. The van der Waals surface area contributed by atoms with Crippen LogP contribution in [0, 0.1) is 11.2 Å². The van der Waals surface area contributed by atoms with Gasteiger partial charge in [0, 0.05) is 12.0 Å². The number of nitrogens with two attached hydrogens (primary N) is 1. The van der Waals surface area contributed by atoms with E-state index >= 15 is 0 Å². The summed E-state index contributed by atoms with van der Waals surface area (Å²) in [6.45, 7) is 5.13. The van der Waals surface area contributed by atoms with Crippen LogP contribution in [0.5, 0.6) is 0 Å². The normalized spacial score (nSPS) is 12.7. The van der Waals surface area contributed by atoms with Crippen LogP contribution in [0.4, 0.5) is 4.39 Å². The molecule has 0 saturated carbocycles. The molecule has 0 bridgehead atoms. The van der Waals surface area contributed by atoms with Gasteiger partial charge in [-0.3, -0.25) is 0 Å². The highest BCUT2D eigenvalue weighted by molar-refractivity contribution is 5.85. The third kappa shape index (κ3) is 4.33. The Hall–Kier alpha value is -1.62. The molecule has 0 aliphatic rings. The molecule has 0 saturated heterocycles. The van der Waals surface area contributed by atoms with E-state index in [1.54, 1.807) is 6.07 Å². The summed E-state index contributed by atoms with van der Waals surface area (Å²) in [5.41, 5.74) is 6.13. The van der Waals surface area contributed by atoms with Crippen LogP contribution in [0.2, 0.25) is 0 Å². The summed E-state index contributed by atoms with van der Waals surface area (Å²) in [6.07, 6.45) is 0.734. The molecular weight excluding hydrogens is 233 g/mol. The van der Waals surface area contributed by atoms with Crippen molar-refractivity contribution in [3.63, 3.8) is 0 Å². The quantitative estimate of drug-likeness (QED) is 0.239. The van der Waals surface area contributed by atoms with E-state index in [9.17, 15) is 4.39 Å². The lowest BCUT2D eigenvalue weighted by atomic mass is 9.88. The van der Waals surface area contributed by atoms with Gasteiger partial charge in [-0.1, -0.05) is 31.1 Å². The fraction of sp³-hybridized carbons (Fsp3) is 0.462. The second-order valence-corrected chi connectivity index (χ2v) is 4.93. The smallest absolute Gasteiger partial charge is 0.144 e. The summed E-state index contributed by atoms with van der Waals surface area (Å²) in [6, 6.07) is 6.48. The second-order valence-electron chi connectivity index (χ2n) is 4.93. The van der Waals surface area contributed by atoms with Crippen LogP contribution in [0.1, 0.15) is 25.8 Å². The van der Waals surface area contributed by atoms with E-state index < -0.39 is 0 Å². The lowest BCUT2D eigenvalue weighted by molar-refractivity contribution is 0.305. The van der Waals surface area contributed by atoms with E-state index in [0.29, 0.717) is 13.1 Å². The molecule has 4 N–H and O–H groups in total. The van der Waals surface area contributed by atoms with Crippen molar-refractivity contribution in [1.29, 1.82) is 0 Å². The number of oxime groups is 1. The molecule has 100 valence electrons. The zero-order chi connectivity index (χ0) is 13.6. The molecule has 0 amide bonds. The molecule has 0 aliphatic carbocycles. The van der Waals surface area contributed by atoms with E-state index in [4.69, 9.17) is 10.9 Å². The van der Waals surface area contributed by atoms with Crippen molar-refractivity contribution in [2.45, 2.75) is 26.8 Å². The molecule has 1 aromatic carbocycles. The van der Waals surface area contributed by atoms with Crippen LogP contribution in [0.15, 0.2) is 29.4 Å². The van der Waals surface area contributed by atoms with Gasteiger partial charge in [0.2, 0.25) is 0 Å². The highest BCUT2D eigenvalue weighted by Gasteiger charge is 2.22. The molecule has 4 nitrogen and oxygen atoms in total. The summed E-state index contributed by atoms with van der Waals surface area (Å²) in [5, 5.41) is 14.9. The van der Waals surface area contributed by atoms with Crippen molar-refractivity contribution in [1.82, 2.24) is 5.32 Å². The Morgan fingerprint density at radius 1 is 1.50 bits per heavy atom. The number of nitrogens with zero attached hydrogens (tertiary/aromatic N) is 1. The van der Waals surface area contributed by atoms with Crippen LogP contribution in [-0.2, 0) is 6.54 Å². The van der Waals surface area contributed by atoms with Gasteiger partial charge >= 0.3 is 0 Å². The Kier molecular flexibility index (Phi) is 5.09. The van der Waals surface area contributed by atoms with Crippen LogP contribution < -0.4 is 11.1 Å². The Bertz CT molecular complexity index is 418. The van der Waals surface area contributed by atoms with Crippen molar-refractivity contribution >= 4 is 5.84 Å². The highest BCUT2D eigenvalue weighted by atomic mass is 19.1. The lowest BCUT2D eigenvalue weighted by Crippen LogP contribution is -2.34. The van der Waals surface area contributed by atoms with Gasteiger partial charge in [-0.25, -0.2) is 4.39 Å². The number of hydrogen-bond donors (Lipinski definition) is 3. The molecule has 0 atom stereocenters. The molecule has 0 aliphatic heterocycles. The first kappa shape index (κ1) is 14.4. The van der Waals surface area contributed by atoms with Gasteiger partial charge in [0.1, 0.15) is 11.7 Å². The number of nitrogens with one attached hydrogen (secondary N) is 1. The summed E-state index contributed by atoms with van der Waals surface area (Å²) < 4.78 is 12.9. The molecule has 1 aromatic rings. The molecule has 0 heterocycles. The summed E-state index contributed by atoms with van der Waals surface area (Å²) in [7, 11) is 0. The molecule has 0 radical (unpaired) electrons. The van der Waals surface area contributed by atoms with Gasteiger partial charge in [-0.2, -0.15) is 0 Å². The van der Waals surface area contributed by atoms with E-state index in [1.807, 2.05) is 19.9 Å². The number of rotatable bonds is 6. The first-order valence-corrected chi connectivity index (χ1v) is 5.89. The van der Waals surface area contributed by atoms with Crippen LogP contribution >= 0.6 is 0 Å². The predicted octanol–water partition coefficient (Wildman–Crippen LogP) is 2.08. The molecule has 0 aromatic heterocycles. The molecule has 1 rings (SSSR count). The Balaban J connectivity index is 2.35. The van der Waals surface area contributed by atoms with Crippen molar-refractivity contribution in [3.8, 4) is 0 Å². The average molecular weight is 253 g/mol. The van der Waals surface area contributed by atoms with Gasteiger partial charge in [-0.05, 0) is 30.7 Å². The van der Waals surface area contributed by atoms with E-state index in [-0.39, 0.29) is 17.1 Å². The van der Waals surface area contributed by atoms with Crippen molar-refractivity contribution in [3.05, 3.63) is 35.6 Å². The predicted molar refractivity (Wildman–Crippen MR) is 69.9 cm³/mol. The summed E-state index contributed by atoms with van der Waals surface area (Å²) in [5.74, 6) is -0.0126. The minimum atomic E-state index is -0.357. The fourth-order valence-electron chi connectivity index (χ4n) is 1.54. The standard InChI is InChI=1S/C13H20FN3O/c1-13(2,12(15)17-18)6-7-16-9-10-4-3-5-11(14)8-10/h3-5,8,16,18H,6-7,9H2,1-2H3,(H2,15,17). The fourth-order valence-corrected chi connectivity index (χ4v) is 1.54. The monoisotopic (exact) mass is 253 g/mol. The van der Waals surface area contributed by atoms with Gasteiger partial charge in [0.25, 0.3) is 0 Å². The topological polar surface area (TPSA) is 70.6 Å². The summed E-state index contributed by atoms with van der Waals surface area (Å²) >= 11 is 0. The van der Waals surface area contributed by atoms with Crippen molar-refractivity contribution in [2.24, 2.45) is 16.3 Å². The third-order valence-corrected chi connectivity index (χ3v) is 2.95. The number of benzene rings is 1. The van der Waals surface area contributed by atoms with Gasteiger partial charge in [0.05, 0.1) is 0 Å². The molecule has 18 heavy (non-hydrogen) atoms. The van der Waals surface area contributed by atoms with E-state index in [2.05, 4.69) is 10.5 Å². The van der Waals surface area contributed by atoms with Gasteiger partial charge in [-0.15, -0.1) is 0 Å². The highest BCUT2D eigenvalue weighted by Crippen LogP contribution is 2.19. The molecule has 0 fully saturated rings. The van der Waals surface area contributed by atoms with Crippen LogP contribution in [0.3, 0.4) is 0 Å². The first-order chi connectivity index (χ1) is 8.45. The maximum Gasteiger partial charge on any atom is 0.144 e. The first-order valence-electron chi connectivity index (χ1n) is 5.89. The number of amidine groups is 1. The lowest BCUT2D eigenvalue weighted by Gasteiger charge is -2.22. The minimum Gasteiger partial charge on any atom is -0.409 e. The maximum absolute atomic E-state index is 12.9. The maximum atomic E-state index is 12.9. The third-order valence-electron chi connectivity index (χ3n) is 2.95. The minimum absolute atomic E-state index is 0.218. The molecule has 5 heteroatoms. The van der Waals surface area contributed by atoms with E-state index in [1.165, 1.54) is 12.1 Å². The average Bonchev–Trinajstić information content (AvgIpc) is 2.33. The van der Waals surface area contributed by atoms with Crippen LogP contribution in [0.25, 0.3) is 0 Å². The molecule has 0 spiro atoms. The zero-order valence-electron chi connectivity index (χ0n) is 10.8. The Morgan fingerprint density at radius 2 is 2.22 bits per heavy atom. The van der Waals surface area contributed by atoms with Gasteiger partial charge in [0.15, 0.2) is 0 Å². The molecular formula is C13H20FN3O. The van der Waals surface area contributed by atoms with Crippen LogP contribution in [-0.4, -0.2) is 17.6 Å². The SMILES string of the molecule is CC(C)(CCNCc1cccc(F)c1)C(N)=NO. The number of hydrogen-bond acceptors (Lipinski definition) is 3. The summed E-state index contributed by atoms with van der Waals surface area (Å²) in [4.78, 5) is 0. The van der Waals surface area contributed by atoms with Gasteiger partial charge < -0.3 is 16.3 Å². The largest absolute Gasteiger partial charge is 0.409 e. The number of halogens is 1. The zero-order valence-corrected chi connectivity index (χ0v) is 10.8. The molecule has 0 unspecified atom stereocenters. The van der Waals surface area contributed by atoms with E-state index in [0.717, 1.165) is 12.0 Å². The Labute approximate surface area is 107 Å². The van der Waals surface area contributed by atoms with Crippen molar-refractivity contribution < 1.29 is 9.60 Å². The van der Waals surface area contributed by atoms with Crippen molar-refractivity contribution in [2.75, 3.05) is 6.54 Å². The Morgan fingerprint density at radius 3 is 2.83 bits per heavy atom.